The molecular formula is C12H24N2OS. The predicted octanol–water partition coefficient (Wildman–Crippen LogP) is 1.73. The molecule has 1 saturated heterocycles. The lowest BCUT2D eigenvalue weighted by molar-refractivity contribution is -0.131. The topological polar surface area (TPSA) is 32.3 Å². The van der Waals surface area contributed by atoms with Crippen LogP contribution >= 0.6 is 11.8 Å². The van der Waals surface area contributed by atoms with Crippen LogP contribution in [0.1, 0.15) is 33.6 Å². The molecule has 0 aliphatic carbocycles. The predicted molar refractivity (Wildman–Crippen MR) is 70.9 cm³/mol. The van der Waals surface area contributed by atoms with Crippen molar-refractivity contribution in [2.24, 2.45) is 0 Å². The van der Waals surface area contributed by atoms with E-state index in [1.54, 1.807) is 0 Å². The van der Waals surface area contributed by atoms with E-state index in [1.807, 2.05) is 23.6 Å². The number of hydrogen-bond acceptors (Lipinski definition) is 3. The molecule has 4 heteroatoms. The van der Waals surface area contributed by atoms with Crippen LogP contribution in [0.2, 0.25) is 0 Å². The quantitative estimate of drug-likeness (QED) is 0.799. The third kappa shape index (κ3) is 3.98. The lowest BCUT2D eigenvalue weighted by atomic mass is 10.2. The standard InChI is InChI=1S/C12H24N2OS/c1-10(13-9-12(2,3)16-4)11(15)14-7-5-6-8-14/h10,13H,5-9H2,1-4H3. The second-order valence-electron chi connectivity index (χ2n) is 5.10. The molecule has 94 valence electrons. The molecule has 1 unspecified atom stereocenters. The Morgan fingerprint density at radius 2 is 2.00 bits per heavy atom. The number of amides is 1. The van der Waals surface area contributed by atoms with Gasteiger partial charge in [-0.15, -0.1) is 0 Å². The van der Waals surface area contributed by atoms with Crippen LogP contribution in [0.5, 0.6) is 0 Å². The Hall–Kier alpha value is -0.220. The first kappa shape index (κ1) is 13.8. The number of nitrogens with one attached hydrogen (secondary N) is 1. The Morgan fingerprint density at radius 1 is 1.44 bits per heavy atom. The Balaban J connectivity index is 2.34. The number of likely N-dealkylation sites (tertiary alicyclic amines) is 1. The maximum absolute atomic E-state index is 12.0. The highest BCUT2D eigenvalue weighted by atomic mass is 32.2. The molecule has 1 N–H and O–H groups in total. The smallest absolute Gasteiger partial charge is 0.239 e. The van der Waals surface area contributed by atoms with Gasteiger partial charge in [0.1, 0.15) is 0 Å². The molecule has 1 rings (SSSR count). The summed E-state index contributed by atoms with van der Waals surface area (Å²) >= 11 is 1.83. The zero-order chi connectivity index (χ0) is 12.2. The number of nitrogens with zero attached hydrogens (tertiary/aromatic N) is 1. The van der Waals surface area contributed by atoms with Crippen LogP contribution in [0.15, 0.2) is 0 Å². The van der Waals surface area contributed by atoms with Crippen LogP contribution in [0.3, 0.4) is 0 Å². The normalized spacial score (nSPS) is 18.9. The van der Waals surface area contributed by atoms with Crippen LogP contribution in [-0.4, -0.2) is 47.5 Å². The lowest BCUT2D eigenvalue weighted by Crippen LogP contribution is -2.47. The van der Waals surface area contributed by atoms with E-state index in [0.29, 0.717) is 0 Å². The van der Waals surface area contributed by atoms with E-state index in [9.17, 15) is 4.79 Å². The van der Waals surface area contributed by atoms with Crippen molar-refractivity contribution in [2.45, 2.75) is 44.4 Å². The van der Waals surface area contributed by atoms with Crippen LogP contribution in [0.25, 0.3) is 0 Å². The molecule has 0 saturated carbocycles. The molecule has 0 aromatic carbocycles. The monoisotopic (exact) mass is 244 g/mol. The molecular weight excluding hydrogens is 220 g/mol. The molecule has 1 heterocycles. The summed E-state index contributed by atoms with van der Waals surface area (Å²) in [7, 11) is 0. The van der Waals surface area contributed by atoms with E-state index in [2.05, 4.69) is 25.4 Å². The van der Waals surface area contributed by atoms with Crippen molar-refractivity contribution in [3.63, 3.8) is 0 Å². The van der Waals surface area contributed by atoms with E-state index < -0.39 is 0 Å². The average molecular weight is 244 g/mol. The molecule has 0 radical (unpaired) electrons. The summed E-state index contributed by atoms with van der Waals surface area (Å²) in [5.41, 5.74) is 0. The molecule has 0 spiro atoms. The van der Waals surface area contributed by atoms with E-state index in [-0.39, 0.29) is 16.7 Å². The average Bonchev–Trinajstić information content (AvgIpc) is 2.78. The summed E-state index contributed by atoms with van der Waals surface area (Å²) in [5, 5.41) is 3.34. The highest BCUT2D eigenvalue weighted by Crippen LogP contribution is 2.20. The van der Waals surface area contributed by atoms with Crippen molar-refractivity contribution in [3.05, 3.63) is 0 Å². The Kier molecular flexibility index (Phi) is 5.12. The SMILES string of the molecule is CSC(C)(C)CNC(C)C(=O)N1CCCC1. The lowest BCUT2D eigenvalue weighted by Gasteiger charge is -2.26. The van der Waals surface area contributed by atoms with Gasteiger partial charge in [-0.3, -0.25) is 4.79 Å². The Labute approximate surface area is 103 Å². The molecule has 1 aliphatic heterocycles. The van der Waals surface area contributed by atoms with E-state index >= 15 is 0 Å². The fraction of sp³-hybridized carbons (Fsp3) is 0.917. The summed E-state index contributed by atoms with van der Waals surface area (Å²) in [6.07, 6.45) is 4.43. The van der Waals surface area contributed by atoms with Crippen LogP contribution in [0, 0.1) is 0 Å². The van der Waals surface area contributed by atoms with Gasteiger partial charge in [0.05, 0.1) is 6.04 Å². The van der Waals surface area contributed by atoms with Gasteiger partial charge >= 0.3 is 0 Å². The number of rotatable bonds is 5. The van der Waals surface area contributed by atoms with Gasteiger partial charge in [-0.1, -0.05) is 0 Å². The summed E-state index contributed by atoms with van der Waals surface area (Å²) in [6, 6.07) is -0.0514. The fourth-order valence-electron chi connectivity index (χ4n) is 1.77. The van der Waals surface area contributed by atoms with Crippen molar-refractivity contribution in [1.29, 1.82) is 0 Å². The highest BCUT2D eigenvalue weighted by Gasteiger charge is 2.24. The van der Waals surface area contributed by atoms with Crippen molar-refractivity contribution in [1.82, 2.24) is 10.2 Å². The number of thioether (sulfide) groups is 1. The van der Waals surface area contributed by atoms with Crippen LogP contribution in [0.4, 0.5) is 0 Å². The summed E-state index contributed by atoms with van der Waals surface area (Å²) in [5.74, 6) is 0.259. The molecule has 0 aromatic heterocycles. The molecule has 0 bridgehead atoms. The van der Waals surface area contributed by atoms with E-state index in [4.69, 9.17) is 0 Å². The Bertz CT molecular complexity index is 237. The summed E-state index contributed by atoms with van der Waals surface area (Å²) < 4.78 is 0.194. The number of hydrogen-bond donors (Lipinski definition) is 1. The summed E-state index contributed by atoms with van der Waals surface area (Å²) in [4.78, 5) is 14.0. The fourth-order valence-corrected chi connectivity index (χ4v) is 2.00. The maximum Gasteiger partial charge on any atom is 0.239 e. The number of carbonyl (C=O) groups excluding carboxylic acids is 1. The van der Waals surface area contributed by atoms with Crippen molar-refractivity contribution >= 4 is 17.7 Å². The molecule has 1 fully saturated rings. The molecule has 1 aliphatic rings. The highest BCUT2D eigenvalue weighted by molar-refractivity contribution is 7.99. The van der Waals surface area contributed by atoms with Gasteiger partial charge in [-0.25, -0.2) is 0 Å². The first-order valence-electron chi connectivity index (χ1n) is 6.03. The second kappa shape index (κ2) is 5.92. The van der Waals surface area contributed by atoms with Crippen molar-refractivity contribution < 1.29 is 4.79 Å². The third-order valence-corrected chi connectivity index (χ3v) is 4.42. The molecule has 1 atom stereocenters. The molecule has 3 nitrogen and oxygen atoms in total. The first-order chi connectivity index (χ1) is 7.46. The van der Waals surface area contributed by atoms with Gasteiger partial charge in [-0.2, -0.15) is 11.8 Å². The van der Waals surface area contributed by atoms with Crippen LogP contribution < -0.4 is 5.32 Å². The van der Waals surface area contributed by atoms with Crippen molar-refractivity contribution in [2.75, 3.05) is 25.9 Å². The van der Waals surface area contributed by atoms with Crippen LogP contribution in [-0.2, 0) is 4.79 Å². The van der Waals surface area contributed by atoms with Gasteiger partial charge < -0.3 is 10.2 Å². The molecule has 16 heavy (non-hydrogen) atoms. The van der Waals surface area contributed by atoms with Crippen molar-refractivity contribution in [3.8, 4) is 0 Å². The zero-order valence-electron chi connectivity index (χ0n) is 10.9. The second-order valence-corrected chi connectivity index (χ2v) is 6.61. The van der Waals surface area contributed by atoms with Gasteiger partial charge in [-0.05, 0) is 39.9 Å². The minimum absolute atomic E-state index is 0.0514. The largest absolute Gasteiger partial charge is 0.341 e. The van der Waals surface area contributed by atoms with E-state index in [1.165, 1.54) is 0 Å². The van der Waals surface area contributed by atoms with Gasteiger partial charge in [0, 0.05) is 24.4 Å². The minimum atomic E-state index is -0.0514. The maximum atomic E-state index is 12.0. The first-order valence-corrected chi connectivity index (χ1v) is 7.26. The third-order valence-electron chi connectivity index (χ3n) is 3.17. The summed E-state index contributed by atoms with van der Waals surface area (Å²) in [6.45, 7) is 9.11. The Morgan fingerprint density at radius 3 is 2.50 bits per heavy atom. The van der Waals surface area contributed by atoms with Gasteiger partial charge in [0.25, 0.3) is 0 Å². The van der Waals surface area contributed by atoms with E-state index in [0.717, 1.165) is 32.5 Å². The van der Waals surface area contributed by atoms with Gasteiger partial charge in [0.15, 0.2) is 0 Å². The minimum Gasteiger partial charge on any atom is -0.341 e. The zero-order valence-corrected chi connectivity index (χ0v) is 11.7. The molecule has 1 amide bonds. The number of carbonyl (C=O) groups is 1. The van der Waals surface area contributed by atoms with Gasteiger partial charge in [0.2, 0.25) is 5.91 Å². The molecule has 0 aromatic rings.